The molecule has 52 heavy (non-hydrogen) atoms. The third-order valence-electron chi connectivity index (χ3n) is 10.2. The average Bonchev–Trinajstić information content (AvgIpc) is 3.20. The molecule has 246 valence electrons. The van der Waals surface area contributed by atoms with Crippen molar-refractivity contribution in [3.8, 4) is 50.3 Å². The highest BCUT2D eigenvalue weighted by Crippen LogP contribution is 2.43. The molecule has 0 fully saturated rings. The predicted octanol–water partition coefficient (Wildman–Crippen LogP) is 14.3. The van der Waals surface area contributed by atoms with Crippen molar-refractivity contribution >= 4 is 49.2 Å². The minimum Gasteiger partial charge on any atom is -0.508 e. The Labute approximate surface area is 304 Å². The normalized spacial score (nSPS) is 11.9. The van der Waals surface area contributed by atoms with Crippen molar-refractivity contribution in [2.75, 3.05) is 0 Å². The number of fused-ring (bicyclic) bond motifs is 5. The van der Waals surface area contributed by atoms with Gasteiger partial charge in [0.25, 0.3) is 0 Å². The molecule has 9 aromatic rings. The molecular formula is C51H36O. The lowest BCUT2D eigenvalue weighted by Crippen LogP contribution is -1.92. The van der Waals surface area contributed by atoms with Gasteiger partial charge in [0.15, 0.2) is 0 Å². The van der Waals surface area contributed by atoms with Crippen LogP contribution in [0.3, 0.4) is 0 Å². The van der Waals surface area contributed by atoms with Crippen molar-refractivity contribution < 1.29 is 5.11 Å². The Kier molecular flexibility index (Phi) is 7.95. The molecule has 0 heterocycles. The Hall–Kier alpha value is -6.70. The topological polar surface area (TPSA) is 20.2 Å². The van der Waals surface area contributed by atoms with Gasteiger partial charge in [-0.05, 0) is 136 Å². The maximum atomic E-state index is 10.2. The molecule has 1 nitrogen and oxygen atoms in total. The van der Waals surface area contributed by atoms with Gasteiger partial charge in [-0.25, -0.2) is 0 Å². The molecule has 0 aliphatic heterocycles. The van der Waals surface area contributed by atoms with E-state index in [2.05, 4.69) is 176 Å². The van der Waals surface area contributed by atoms with E-state index in [-0.39, 0.29) is 5.75 Å². The van der Waals surface area contributed by atoms with Crippen molar-refractivity contribution in [3.05, 3.63) is 194 Å². The summed E-state index contributed by atoms with van der Waals surface area (Å²) in [6, 6.07) is 60.7. The average molecular weight is 665 g/mol. The minimum atomic E-state index is 0.281. The molecule has 1 heteroatoms. The van der Waals surface area contributed by atoms with Crippen molar-refractivity contribution in [2.24, 2.45) is 0 Å². The highest BCUT2D eigenvalue weighted by Gasteiger charge is 2.16. The molecular weight excluding hydrogens is 629 g/mol. The van der Waals surface area contributed by atoms with E-state index in [0.29, 0.717) is 0 Å². The maximum Gasteiger partial charge on any atom is 0.116 e. The first-order valence-electron chi connectivity index (χ1n) is 17.9. The molecule has 0 atom stereocenters. The van der Waals surface area contributed by atoms with Crippen LogP contribution in [0.1, 0.15) is 12.5 Å². The van der Waals surface area contributed by atoms with E-state index in [0.717, 1.165) is 10.8 Å². The molecule has 0 saturated carbocycles. The molecule has 0 bridgehead atoms. The fraction of sp³-hybridized carbons (Fsp3) is 0.0196. The monoisotopic (exact) mass is 664 g/mol. The fourth-order valence-electron chi connectivity index (χ4n) is 7.86. The lowest BCUT2D eigenvalue weighted by atomic mass is 9.86. The van der Waals surface area contributed by atoms with Crippen LogP contribution in [0.25, 0.3) is 93.7 Å². The van der Waals surface area contributed by atoms with Crippen molar-refractivity contribution in [1.29, 1.82) is 0 Å². The van der Waals surface area contributed by atoms with Crippen molar-refractivity contribution in [2.45, 2.75) is 6.92 Å². The zero-order chi connectivity index (χ0) is 35.0. The minimum absolute atomic E-state index is 0.281. The third-order valence-corrected chi connectivity index (χ3v) is 10.2. The Morgan fingerprint density at radius 1 is 0.385 bits per heavy atom. The standard InChI is InChI=1S/C51H36O/c1-2-3-5-17-41-33-48(34-14-6-4-7-15-34)45-23-10-11-24-46(45)50(41)39-20-12-18-35(29-39)36-19-13-21-40(30-36)51-44-22-9-8-16-37(44)32-49-43-28-26-42(52)31-38(43)25-27-47(49)51/h2-33,52H,1H3/b3-2-,17-5-. The summed E-state index contributed by atoms with van der Waals surface area (Å²) < 4.78 is 0. The second kappa shape index (κ2) is 13.2. The number of aromatic hydroxyl groups is 1. The first-order chi connectivity index (χ1) is 25.7. The van der Waals surface area contributed by atoms with Crippen LogP contribution in [0.5, 0.6) is 5.75 Å². The highest BCUT2D eigenvalue weighted by atomic mass is 16.3. The number of rotatable bonds is 6. The smallest absolute Gasteiger partial charge is 0.116 e. The Balaban J connectivity index is 1.23. The quantitative estimate of drug-likeness (QED) is 0.107. The van der Waals surface area contributed by atoms with Gasteiger partial charge < -0.3 is 5.11 Å². The van der Waals surface area contributed by atoms with Gasteiger partial charge in [0.1, 0.15) is 5.75 Å². The molecule has 0 radical (unpaired) electrons. The molecule has 9 rings (SSSR count). The summed E-state index contributed by atoms with van der Waals surface area (Å²) in [5.41, 5.74) is 10.8. The summed E-state index contributed by atoms with van der Waals surface area (Å²) in [7, 11) is 0. The Morgan fingerprint density at radius 3 is 1.75 bits per heavy atom. The number of hydrogen-bond donors (Lipinski definition) is 1. The molecule has 0 aliphatic carbocycles. The largest absolute Gasteiger partial charge is 0.508 e. The van der Waals surface area contributed by atoms with Crippen molar-refractivity contribution in [1.82, 2.24) is 0 Å². The molecule has 9 aromatic carbocycles. The van der Waals surface area contributed by atoms with Gasteiger partial charge in [0.2, 0.25) is 0 Å². The summed E-state index contributed by atoms with van der Waals surface area (Å²) in [6.45, 7) is 2.05. The first kappa shape index (κ1) is 31.3. The van der Waals surface area contributed by atoms with Crippen LogP contribution in [0, 0.1) is 0 Å². The zero-order valence-electron chi connectivity index (χ0n) is 28.9. The highest BCUT2D eigenvalue weighted by molar-refractivity contribution is 6.20. The fourth-order valence-corrected chi connectivity index (χ4v) is 7.86. The predicted molar refractivity (Wildman–Crippen MR) is 224 cm³/mol. The van der Waals surface area contributed by atoms with Gasteiger partial charge in [-0.1, -0.05) is 158 Å². The van der Waals surface area contributed by atoms with Crippen LogP contribution in [0.2, 0.25) is 0 Å². The Bertz CT molecular complexity index is 2860. The van der Waals surface area contributed by atoms with Gasteiger partial charge in [-0.3, -0.25) is 0 Å². The molecule has 0 unspecified atom stereocenters. The van der Waals surface area contributed by atoms with Crippen LogP contribution in [0.15, 0.2) is 188 Å². The van der Waals surface area contributed by atoms with Crippen LogP contribution < -0.4 is 0 Å². The van der Waals surface area contributed by atoms with Gasteiger partial charge in [0.05, 0.1) is 0 Å². The molecule has 0 amide bonds. The van der Waals surface area contributed by atoms with E-state index < -0.39 is 0 Å². The molecule has 0 spiro atoms. The van der Waals surface area contributed by atoms with Gasteiger partial charge >= 0.3 is 0 Å². The van der Waals surface area contributed by atoms with Crippen LogP contribution >= 0.6 is 0 Å². The summed E-state index contributed by atoms with van der Waals surface area (Å²) >= 11 is 0. The number of hydrogen-bond acceptors (Lipinski definition) is 1. The summed E-state index contributed by atoms with van der Waals surface area (Å²) in [5.74, 6) is 0.281. The number of benzene rings is 9. The van der Waals surface area contributed by atoms with E-state index in [1.54, 1.807) is 6.07 Å². The summed E-state index contributed by atoms with van der Waals surface area (Å²) in [6.07, 6.45) is 8.52. The SMILES string of the molecule is C/C=C\C=C/c1cc(-c2ccccc2)c2ccccc2c1-c1cccc(-c2cccc(-c3c4ccccc4cc4c3ccc3cc(O)ccc34)c2)c1. The lowest BCUT2D eigenvalue weighted by Gasteiger charge is -2.17. The number of allylic oxidation sites excluding steroid dienone is 3. The van der Waals surface area contributed by atoms with Crippen LogP contribution in [-0.2, 0) is 0 Å². The van der Waals surface area contributed by atoms with E-state index >= 15 is 0 Å². The summed E-state index contributed by atoms with van der Waals surface area (Å²) in [4.78, 5) is 0. The third kappa shape index (κ3) is 5.54. The van der Waals surface area contributed by atoms with Crippen molar-refractivity contribution in [3.63, 3.8) is 0 Å². The molecule has 0 saturated heterocycles. The molecule has 0 aromatic heterocycles. The zero-order valence-corrected chi connectivity index (χ0v) is 28.9. The summed E-state index contributed by atoms with van der Waals surface area (Å²) in [5, 5.41) is 19.7. The van der Waals surface area contributed by atoms with Gasteiger partial charge in [-0.2, -0.15) is 0 Å². The molecule has 1 N–H and O–H groups in total. The number of phenolic OH excluding ortho intramolecular Hbond substituents is 1. The van der Waals surface area contributed by atoms with E-state index in [9.17, 15) is 5.11 Å². The molecule has 0 aliphatic rings. The van der Waals surface area contributed by atoms with Crippen LogP contribution in [0.4, 0.5) is 0 Å². The van der Waals surface area contributed by atoms with Gasteiger partial charge in [0, 0.05) is 0 Å². The second-order valence-electron chi connectivity index (χ2n) is 13.4. The number of phenols is 1. The Morgan fingerprint density at radius 2 is 0.981 bits per heavy atom. The van der Waals surface area contributed by atoms with E-state index in [1.165, 1.54) is 82.4 Å². The van der Waals surface area contributed by atoms with Gasteiger partial charge in [-0.15, -0.1) is 0 Å². The maximum absolute atomic E-state index is 10.2. The van der Waals surface area contributed by atoms with E-state index in [1.807, 2.05) is 19.1 Å². The first-order valence-corrected chi connectivity index (χ1v) is 17.9. The second-order valence-corrected chi connectivity index (χ2v) is 13.4. The lowest BCUT2D eigenvalue weighted by molar-refractivity contribution is 0.476. The van der Waals surface area contributed by atoms with Crippen LogP contribution in [-0.4, -0.2) is 5.11 Å². The van der Waals surface area contributed by atoms with E-state index in [4.69, 9.17) is 0 Å².